The van der Waals surface area contributed by atoms with Crippen LogP contribution in [0.1, 0.15) is 44.6 Å². The van der Waals surface area contributed by atoms with Crippen LogP contribution in [-0.2, 0) is 0 Å². The van der Waals surface area contributed by atoms with Crippen molar-refractivity contribution in [3.05, 3.63) is 28.2 Å². The Labute approximate surface area is 116 Å². The highest BCUT2D eigenvalue weighted by Gasteiger charge is 2.19. The molecule has 18 heavy (non-hydrogen) atoms. The molecule has 0 amide bonds. The molecule has 1 aromatic carbocycles. The van der Waals surface area contributed by atoms with E-state index >= 15 is 0 Å². The molecule has 2 rings (SSSR count). The topological polar surface area (TPSA) is 41.8 Å². The maximum absolute atomic E-state index is 9.07. The van der Waals surface area contributed by atoms with Crippen LogP contribution in [0.15, 0.2) is 27.8 Å². The predicted molar refractivity (Wildman–Crippen MR) is 75.6 cm³/mol. The fraction of sp³-hybridized carbons (Fsp3) is 0.500. The SMILES string of the molecule is CCC(=NO)c1cc(Br)ccc1OC1CCCC1. The Morgan fingerprint density at radius 1 is 1.44 bits per heavy atom. The zero-order valence-corrected chi connectivity index (χ0v) is 12.1. The zero-order valence-electron chi connectivity index (χ0n) is 10.5. The Balaban J connectivity index is 2.27. The summed E-state index contributed by atoms with van der Waals surface area (Å²) in [6, 6.07) is 5.85. The van der Waals surface area contributed by atoms with Crippen LogP contribution >= 0.6 is 15.9 Å². The van der Waals surface area contributed by atoms with Gasteiger partial charge in [0.1, 0.15) is 5.75 Å². The van der Waals surface area contributed by atoms with E-state index in [1.54, 1.807) is 0 Å². The average Bonchev–Trinajstić information content (AvgIpc) is 2.87. The quantitative estimate of drug-likeness (QED) is 0.510. The first-order valence-corrected chi connectivity index (χ1v) is 7.21. The third-order valence-corrected chi connectivity index (χ3v) is 3.80. The van der Waals surface area contributed by atoms with E-state index in [9.17, 15) is 0 Å². The first-order valence-electron chi connectivity index (χ1n) is 6.42. The van der Waals surface area contributed by atoms with E-state index in [1.807, 2.05) is 25.1 Å². The molecule has 0 bridgehead atoms. The number of hydrogen-bond acceptors (Lipinski definition) is 3. The molecule has 3 nitrogen and oxygen atoms in total. The second kappa shape index (κ2) is 6.23. The number of ether oxygens (including phenoxy) is 1. The van der Waals surface area contributed by atoms with Gasteiger partial charge in [-0.25, -0.2) is 0 Å². The zero-order chi connectivity index (χ0) is 13.0. The Morgan fingerprint density at radius 2 is 2.17 bits per heavy atom. The molecule has 1 aromatic rings. The maximum Gasteiger partial charge on any atom is 0.128 e. The summed E-state index contributed by atoms with van der Waals surface area (Å²) in [4.78, 5) is 0. The number of halogens is 1. The van der Waals surface area contributed by atoms with E-state index < -0.39 is 0 Å². The molecular formula is C14H18BrNO2. The fourth-order valence-corrected chi connectivity index (χ4v) is 2.69. The molecule has 1 saturated carbocycles. The standard InChI is InChI=1S/C14H18BrNO2/c1-2-13(16-17)12-9-10(15)7-8-14(12)18-11-5-3-4-6-11/h7-9,11,17H,2-6H2,1H3. The van der Waals surface area contributed by atoms with Gasteiger partial charge in [0, 0.05) is 10.0 Å². The van der Waals surface area contributed by atoms with Gasteiger partial charge in [-0.15, -0.1) is 0 Å². The second-order valence-corrected chi connectivity index (χ2v) is 5.48. The number of benzene rings is 1. The monoisotopic (exact) mass is 311 g/mol. The van der Waals surface area contributed by atoms with Crippen molar-refractivity contribution in [3.63, 3.8) is 0 Å². The molecule has 98 valence electrons. The van der Waals surface area contributed by atoms with Crippen LogP contribution in [0, 0.1) is 0 Å². The molecule has 0 saturated heterocycles. The van der Waals surface area contributed by atoms with Crippen LogP contribution in [-0.4, -0.2) is 17.0 Å². The smallest absolute Gasteiger partial charge is 0.128 e. The van der Waals surface area contributed by atoms with E-state index in [-0.39, 0.29) is 0 Å². The largest absolute Gasteiger partial charge is 0.490 e. The van der Waals surface area contributed by atoms with Crippen LogP contribution in [0.2, 0.25) is 0 Å². The molecule has 0 unspecified atom stereocenters. The van der Waals surface area contributed by atoms with Gasteiger partial charge in [-0.2, -0.15) is 0 Å². The maximum atomic E-state index is 9.07. The van der Waals surface area contributed by atoms with Crippen LogP contribution in [0.4, 0.5) is 0 Å². The van der Waals surface area contributed by atoms with Crippen molar-refractivity contribution in [1.29, 1.82) is 0 Å². The summed E-state index contributed by atoms with van der Waals surface area (Å²) in [5.74, 6) is 0.819. The van der Waals surface area contributed by atoms with Crippen molar-refractivity contribution in [2.24, 2.45) is 5.16 Å². The summed E-state index contributed by atoms with van der Waals surface area (Å²) in [7, 11) is 0. The van der Waals surface area contributed by atoms with E-state index in [0.29, 0.717) is 18.2 Å². The number of rotatable bonds is 4. The van der Waals surface area contributed by atoms with Crippen molar-refractivity contribution in [2.75, 3.05) is 0 Å². The number of nitrogens with zero attached hydrogens (tertiary/aromatic N) is 1. The highest BCUT2D eigenvalue weighted by atomic mass is 79.9. The first kappa shape index (κ1) is 13.4. The Kier molecular flexibility index (Phi) is 4.64. The normalized spacial score (nSPS) is 17.1. The minimum atomic E-state index is 0.307. The third-order valence-electron chi connectivity index (χ3n) is 3.30. The van der Waals surface area contributed by atoms with Crippen LogP contribution in [0.25, 0.3) is 0 Å². The predicted octanol–water partition coefficient (Wildman–Crippen LogP) is 4.36. The molecule has 1 aliphatic rings. The summed E-state index contributed by atoms with van der Waals surface area (Å²) in [6.07, 6.45) is 5.70. The van der Waals surface area contributed by atoms with Crippen molar-refractivity contribution in [3.8, 4) is 5.75 Å². The van der Waals surface area contributed by atoms with E-state index in [4.69, 9.17) is 9.94 Å². The van der Waals surface area contributed by atoms with Crippen molar-refractivity contribution < 1.29 is 9.94 Å². The van der Waals surface area contributed by atoms with Crippen LogP contribution in [0.3, 0.4) is 0 Å². The van der Waals surface area contributed by atoms with E-state index in [1.165, 1.54) is 12.8 Å². The molecule has 0 aliphatic heterocycles. The van der Waals surface area contributed by atoms with E-state index in [2.05, 4.69) is 21.1 Å². The van der Waals surface area contributed by atoms with Gasteiger partial charge in [-0.3, -0.25) is 0 Å². The number of oxime groups is 1. The van der Waals surface area contributed by atoms with Gasteiger partial charge in [0.25, 0.3) is 0 Å². The Hall–Kier alpha value is -1.03. The lowest BCUT2D eigenvalue weighted by atomic mass is 10.1. The summed E-state index contributed by atoms with van der Waals surface area (Å²) < 4.78 is 7.00. The van der Waals surface area contributed by atoms with Gasteiger partial charge >= 0.3 is 0 Å². The molecule has 1 aliphatic carbocycles. The van der Waals surface area contributed by atoms with Crippen molar-refractivity contribution >= 4 is 21.6 Å². The van der Waals surface area contributed by atoms with E-state index in [0.717, 1.165) is 28.6 Å². The molecule has 4 heteroatoms. The molecule has 1 N–H and O–H groups in total. The van der Waals surface area contributed by atoms with Gasteiger partial charge in [0.05, 0.1) is 11.8 Å². The minimum absolute atomic E-state index is 0.307. The Morgan fingerprint density at radius 3 is 2.78 bits per heavy atom. The lowest BCUT2D eigenvalue weighted by Gasteiger charge is -2.17. The lowest BCUT2D eigenvalue weighted by Crippen LogP contribution is -2.13. The first-order chi connectivity index (χ1) is 8.74. The molecule has 1 fully saturated rings. The highest BCUT2D eigenvalue weighted by molar-refractivity contribution is 9.10. The van der Waals surface area contributed by atoms with Gasteiger partial charge in [-0.1, -0.05) is 28.0 Å². The summed E-state index contributed by atoms with van der Waals surface area (Å²) in [5, 5.41) is 12.4. The number of hydrogen-bond donors (Lipinski definition) is 1. The van der Waals surface area contributed by atoms with Crippen molar-refractivity contribution in [1.82, 2.24) is 0 Å². The van der Waals surface area contributed by atoms with Crippen molar-refractivity contribution in [2.45, 2.75) is 45.1 Å². The van der Waals surface area contributed by atoms with Crippen LogP contribution in [0.5, 0.6) is 5.75 Å². The van der Waals surface area contributed by atoms with Gasteiger partial charge in [0.15, 0.2) is 0 Å². The second-order valence-electron chi connectivity index (χ2n) is 4.57. The third kappa shape index (κ3) is 3.05. The molecular weight excluding hydrogens is 294 g/mol. The van der Waals surface area contributed by atoms with Gasteiger partial charge < -0.3 is 9.94 Å². The molecule has 0 atom stereocenters. The highest BCUT2D eigenvalue weighted by Crippen LogP contribution is 2.29. The molecule has 0 aromatic heterocycles. The van der Waals surface area contributed by atoms with Gasteiger partial charge in [0.2, 0.25) is 0 Å². The summed E-state index contributed by atoms with van der Waals surface area (Å²) >= 11 is 3.44. The van der Waals surface area contributed by atoms with Crippen LogP contribution < -0.4 is 4.74 Å². The average molecular weight is 312 g/mol. The van der Waals surface area contributed by atoms with Gasteiger partial charge in [-0.05, 0) is 50.3 Å². The molecule has 0 radical (unpaired) electrons. The molecule has 0 heterocycles. The minimum Gasteiger partial charge on any atom is -0.490 e. The Bertz CT molecular complexity index is 439. The lowest BCUT2D eigenvalue weighted by molar-refractivity contribution is 0.209. The summed E-state index contributed by atoms with van der Waals surface area (Å²) in [5.41, 5.74) is 1.53. The summed E-state index contributed by atoms with van der Waals surface area (Å²) in [6.45, 7) is 1.97. The fourth-order valence-electron chi connectivity index (χ4n) is 2.33. The molecule has 0 spiro atoms.